The first-order chi connectivity index (χ1) is 18.9. The zero-order valence-corrected chi connectivity index (χ0v) is 22.1. The van der Waals surface area contributed by atoms with Crippen LogP contribution in [0.4, 0.5) is 14.0 Å². The fourth-order valence-electron chi connectivity index (χ4n) is 3.73. The SMILES string of the molecule is CN=C(/C=C\c1ccc(C(=O)NC(=O)NC)o1)CC1(N)NC(=O)NC1=O.COc1ccc2c(c1F)C(=O)N(C)C2. The van der Waals surface area contributed by atoms with Crippen molar-refractivity contribution in [1.29, 1.82) is 0 Å². The number of aliphatic imine (C=N–C) groups is 1. The Morgan fingerprint density at radius 2 is 2.00 bits per heavy atom. The highest BCUT2D eigenvalue weighted by Gasteiger charge is 2.43. The van der Waals surface area contributed by atoms with Crippen LogP contribution in [-0.2, 0) is 11.3 Å². The van der Waals surface area contributed by atoms with Gasteiger partial charge in [0, 0.05) is 39.8 Å². The van der Waals surface area contributed by atoms with E-state index in [9.17, 15) is 28.4 Å². The molecule has 0 aliphatic carbocycles. The maximum atomic E-state index is 13.6. The third kappa shape index (κ3) is 6.50. The molecule has 6 N–H and O–H groups in total. The summed E-state index contributed by atoms with van der Waals surface area (Å²) in [6.07, 6.45) is 3.00. The smallest absolute Gasteiger partial charge is 0.323 e. The molecule has 0 saturated carbocycles. The maximum Gasteiger partial charge on any atom is 0.323 e. The van der Waals surface area contributed by atoms with Crippen LogP contribution >= 0.6 is 0 Å². The largest absolute Gasteiger partial charge is 0.494 e. The number of fused-ring (bicyclic) bond motifs is 1. The number of carbonyl (C=O) groups is 5. The second-order valence-electron chi connectivity index (χ2n) is 8.62. The number of nitrogens with one attached hydrogen (secondary N) is 4. The van der Waals surface area contributed by atoms with Crippen LogP contribution in [0.3, 0.4) is 0 Å². The van der Waals surface area contributed by atoms with Crippen LogP contribution in [0.1, 0.15) is 38.7 Å². The number of halogens is 1. The molecule has 2 aliphatic rings. The molecule has 1 fully saturated rings. The van der Waals surface area contributed by atoms with Gasteiger partial charge in [-0.1, -0.05) is 6.07 Å². The number of ether oxygens (including phenoxy) is 1. The monoisotopic (exact) mass is 557 g/mol. The molecule has 0 bridgehead atoms. The molecule has 1 unspecified atom stereocenters. The van der Waals surface area contributed by atoms with Crippen LogP contribution < -0.4 is 31.7 Å². The van der Waals surface area contributed by atoms with E-state index in [1.54, 1.807) is 19.2 Å². The molecule has 3 heterocycles. The molecule has 1 aromatic heterocycles. The number of furan rings is 1. The van der Waals surface area contributed by atoms with Gasteiger partial charge in [0.25, 0.3) is 17.7 Å². The Balaban J connectivity index is 0.000000263. The van der Waals surface area contributed by atoms with Gasteiger partial charge < -0.3 is 30.4 Å². The normalized spacial score (nSPS) is 18.1. The molecule has 1 atom stereocenters. The van der Waals surface area contributed by atoms with Gasteiger partial charge in [0.05, 0.1) is 12.7 Å². The summed E-state index contributed by atoms with van der Waals surface area (Å²) in [5, 5.41) is 8.71. The number of carbonyl (C=O) groups excluding carboxylic acids is 5. The molecule has 1 saturated heterocycles. The summed E-state index contributed by atoms with van der Waals surface area (Å²) >= 11 is 0. The average Bonchev–Trinajstić information content (AvgIpc) is 3.58. The molecule has 40 heavy (non-hydrogen) atoms. The lowest BCUT2D eigenvalue weighted by Crippen LogP contribution is -2.56. The van der Waals surface area contributed by atoms with Gasteiger partial charge in [-0.25, -0.2) is 14.0 Å². The molecular formula is C25H28FN7O7. The molecule has 2 aliphatic heterocycles. The first-order valence-electron chi connectivity index (χ1n) is 11.7. The van der Waals surface area contributed by atoms with Crippen LogP contribution in [0.15, 0.2) is 39.8 Å². The minimum absolute atomic E-state index is 0.0394. The number of amides is 7. The van der Waals surface area contributed by atoms with E-state index in [-0.39, 0.29) is 29.4 Å². The first kappa shape index (κ1) is 29.5. The molecule has 1 aromatic carbocycles. The summed E-state index contributed by atoms with van der Waals surface area (Å²) in [4.78, 5) is 62.8. The molecule has 15 heteroatoms. The topological polar surface area (TPSA) is 197 Å². The van der Waals surface area contributed by atoms with Crippen LogP contribution in [-0.4, -0.2) is 74.3 Å². The highest BCUT2D eigenvalue weighted by atomic mass is 19.1. The molecule has 4 rings (SSSR count). The van der Waals surface area contributed by atoms with E-state index in [4.69, 9.17) is 14.9 Å². The van der Waals surface area contributed by atoms with Crippen molar-refractivity contribution in [2.75, 3.05) is 28.3 Å². The lowest BCUT2D eigenvalue weighted by Gasteiger charge is -2.19. The van der Waals surface area contributed by atoms with Gasteiger partial charge >= 0.3 is 12.1 Å². The summed E-state index contributed by atoms with van der Waals surface area (Å²) in [7, 11) is 5.91. The van der Waals surface area contributed by atoms with Gasteiger partial charge in [-0.05, 0) is 35.9 Å². The number of benzene rings is 1. The second-order valence-corrected chi connectivity index (χ2v) is 8.62. The van der Waals surface area contributed by atoms with Crippen LogP contribution in [0.2, 0.25) is 0 Å². The van der Waals surface area contributed by atoms with Crippen molar-refractivity contribution in [3.63, 3.8) is 0 Å². The van der Waals surface area contributed by atoms with Crippen molar-refractivity contribution in [1.82, 2.24) is 26.2 Å². The Morgan fingerprint density at radius 1 is 1.27 bits per heavy atom. The van der Waals surface area contributed by atoms with Crippen molar-refractivity contribution >= 4 is 41.6 Å². The van der Waals surface area contributed by atoms with Gasteiger partial charge in [0.15, 0.2) is 23.0 Å². The standard InChI is InChI=1S/C15H18N6O5.C10H10FNO2/c1-17-8(7-15(16)12(23)20-14(25)21-15)3-4-9-5-6-10(26-9)11(22)19-13(24)18-2;1-12-5-6-3-4-7(14-2)9(11)8(6)10(12)13/h3-6H,7,16H2,1-2H3,(H2,18,19,22,24)(H2,20,21,23,25);3-4H,5H2,1-2H3/b4-3-,17-8?;. The second kappa shape index (κ2) is 12.2. The maximum absolute atomic E-state index is 13.6. The van der Waals surface area contributed by atoms with E-state index in [0.29, 0.717) is 18.0 Å². The van der Waals surface area contributed by atoms with Crippen LogP contribution in [0.5, 0.6) is 5.75 Å². The van der Waals surface area contributed by atoms with E-state index in [0.717, 1.165) is 5.56 Å². The van der Waals surface area contributed by atoms with Crippen LogP contribution in [0.25, 0.3) is 6.08 Å². The fraction of sp³-hybridized carbons (Fsp3) is 0.280. The van der Waals surface area contributed by atoms with Crippen molar-refractivity contribution in [2.24, 2.45) is 10.7 Å². The number of nitrogens with zero attached hydrogens (tertiary/aromatic N) is 2. The first-order valence-corrected chi connectivity index (χ1v) is 11.7. The lowest BCUT2D eigenvalue weighted by atomic mass is 10.0. The molecule has 0 radical (unpaired) electrons. The minimum atomic E-state index is -1.59. The van der Waals surface area contributed by atoms with Crippen molar-refractivity contribution in [3.8, 4) is 5.75 Å². The Morgan fingerprint density at radius 3 is 2.60 bits per heavy atom. The lowest BCUT2D eigenvalue weighted by molar-refractivity contribution is -0.123. The Kier molecular flexibility index (Phi) is 9.00. The van der Waals surface area contributed by atoms with E-state index in [1.165, 1.54) is 50.4 Å². The molecule has 212 valence electrons. The number of hydrogen-bond acceptors (Lipinski definition) is 9. The number of hydrogen-bond donors (Lipinski definition) is 5. The molecule has 14 nitrogen and oxygen atoms in total. The fourth-order valence-corrected chi connectivity index (χ4v) is 3.73. The van der Waals surface area contributed by atoms with Gasteiger partial charge in [-0.3, -0.25) is 30.0 Å². The van der Waals surface area contributed by atoms with Crippen molar-refractivity contribution < 1.29 is 37.5 Å². The van der Waals surface area contributed by atoms with Gasteiger partial charge in [-0.15, -0.1) is 0 Å². The van der Waals surface area contributed by atoms with Gasteiger partial charge in [-0.2, -0.15) is 0 Å². The summed E-state index contributed by atoms with van der Waals surface area (Å²) in [6, 6.07) is 4.85. The molecule has 2 aromatic rings. The zero-order chi connectivity index (χ0) is 29.6. The van der Waals surface area contributed by atoms with E-state index in [1.807, 2.05) is 0 Å². The Labute approximate surface area is 227 Å². The van der Waals surface area contributed by atoms with Gasteiger partial charge in [0.2, 0.25) is 0 Å². The zero-order valence-electron chi connectivity index (χ0n) is 22.1. The number of nitrogens with two attached hydrogens (primary N) is 1. The number of imide groups is 2. The van der Waals surface area contributed by atoms with E-state index < -0.39 is 35.4 Å². The number of urea groups is 2. The Bertz CT molecular complexity index is 1420. The third-order valence-corrected chi connectivity index (χ3v) is 5.84. The van der Waals surface area contributed by atoms with Gasteiger partial charge in [0.1, 0.15) is 5.76 Å². The Hall–Kier alpha value is -5.05. The summed E-state index contributed by atoms with van der Waals surface area (Å²) in [5.41, 5.74) is 5.56. The highest BCUT2D eigenvalue weighted by Crippen LogP contribution is 2.29. The number of rotatable bonds is 6. The van der Waals surface area contributed by atoms with Crippen molar-refractivity contribution in [2.45, 2.75) is 18.6 Å². The molecule has 0 spiro atoms. The number of allylic oxidation sites excluding steroid dienone is 1. The summed E-state index contributed by atoms with van der Waals surface area (Å²) in [5.74, 6) is -1.80. The average molecular weight is 558 g/mol. The van der Waals surface area contributed by atoms with Crippen LogP contribution in [0, 0.1) is 5.82 Å². The quantitative estimate of drug-likeness (QED) is 0.253. The minimum Gasteiger partial charge on any atom is -0.494 e. The predicted octanol–water partition coefficient (Wildman–Crippen LogP) is 0.737. The third-order valence-electron chi connectivity index (χ3n) is 5.84. The molecule has 7 amide bonds. The number of methoxy groups -OCH3 is 1. The highest BCUT2D eigenvalue weighted by molar-refractivity contribution is 6.10. The summed E-state index contributed by atoms with van der Waals surface area (Å²) < 4.78 is 23.7. The predicted molar refractivity (Wildman–Crippen MR) is 140 cm³/mol. The molecular weight excluding hydrogens is 529 g/mol. The van der Waals surface area contributed by atoms with E-state index >= 15 is 0 Å². The van der Waals surface area contributed by atoms with E-state index in [2.05, 4.69) is 26.3 Å². The summed E-state index contributed by atoms with van der Waals surface area (Å²) in [6.45, 7) is 0.467. The van der Waals surface area contributed by atoms with Crippen molar-refractivity contribution in [3.05, 3.63) is 58.8 Å².